The average Bonchev–Trinajstić information content (AvgIpc) is 3.65. The summed E-state index contributed by atoms with van der Waals surface area (Å²) >= 11 is 19.0. The van der Waals surface area contributed by atoms with Gasteiger partial charge in [-0.15, -0.1) is 0 Å². The van der Waals surface area contributed by atoms with Crippen molar-refractivity contribution in [1.82, 2.24) is 19.1 Å². The Balaban J connectivity index is 1.47. The van der Waals surface area contributed by atoms with E-state index in [-0.39, 0.29) is 17.3 Å². The molecule has 0 bridgehead atoms. The average molecular weight is 708 g/mol. The molecular weight excluding hydrogens is 681 g/mol. The fourth-order valence-electron chi connectivity index (χ4n) is 6.22. The molecule has 2 atom stereocenters. The van der Waals surface area contributed by atoms with Gasteiger partial charge in [-0.2, -0.15) is 4.90 Å². The lowest BCUT2D eigenvalue weighted by Gasteiger charge is -2.30. The number of rotatable bonds is 5. The van der Waals surface area contributed by atoms with E-state index >= 15 is 0 Å². The van der Waals surface area contributed by atoms with Crippen molar-refractivity contribution in [3.05, 3.63) is 135 Å². The van der Waals surface area contributed by atoms with Gasteiger partial charge in [-0.05, 0) is 54.6 Å². The lowest BCUT2D eigenvalue weighted by molar-refractivity contribution is -0.502. The molecule has 0 aliphatic carbocycles. The molecule has 2 unspecified atom stereocenters. The Labute approximate surface area is 286 Å². The van der Waals surface area contributed by atoms with Gasteiger partial charge in [0.25, 0.3) is 15.9 Å². The summed E-state index contributed by atoms with van der Waals surface area (Å²) in [6.07, 6.45) is 1.52. The Morgan fingerprint density at radius 2 is 1.51 bits per heavy atom. The van der Waals surface area contributed by atoms with Crippen LogP contribution in [0.15, 0.2) is 108 Å². The topological polar surface area (TPSA) is 106 Å². The molecule has 1 aromatic heterocycles. The van der Waals surface area contributed by atoms with E-state index in [1.165, 1.54) is 39.3 Å². The van der Waals surface area contributed by atoms with E-state index in [9.17, 15) is 18.0 Å². The number of fused-ring (bicyclic) bond motifs is 1. The standard InChI is InChI=1S/C34H26Cl3N5O4S/c35-23-11-13-26(14-12-23)47(45,46)41-19-28(27-9-1-2-10-29(27)41)33-39-31(21-5-3-7-24(36)17-21)32(22-6-4-8-25(37)18-22)42(33)34(44)40-16-15-38-30(43)20-40/h1-14,17-19,31-32H,15-16,20H2,(H,38,43)/p+1. The number of halogens is 3. The van der Waals surface area contributed by atoms with Gasteiger partial charge in [0.2, 0.25) is 5.91 Å². The fourth-order valence-corrected chi connectivity index (χ4v) is 8.11. The number of nitrogens with one attached hydrogen (secondary N) is 2. The first-order chi connectivity index (χ1) is 22.6. The van der Waals surface area contributed by atoms with E-state index in [4.69, 9.17) is 34.8 Å². The number of carbonyl (C=O) groups excluding carboxylic acids is 2. The third-order valence-corrected chi connectivity index (χ3v) is 10.8. The van der Waals surface area contributed by atoms with Crippen molar-refractivity contribution in [2.24, 2.45) is 0 Å². The van der Waals surface area contributed by atoms with Crippen LogP contribution in [0.3, 0.4) is 0 Å². The predicted molar refractivity (Wildman–Crippen MR) is 181 cm³/mol. The van der Waals surface area contributed by atoms with Crippen molar-refractivity contribution in [1.29, 1.82) is 0 Å². The lowest BCUT2D eigenvalue weighted by Crippen LogP contribution is -2.72. The van der Waals surface area contributed by atoms with Crippen LogP contribution in [0.25, 0.3) is 10.9 Å². The van der Waals surface area contributed by atoms with E-state index in [0.29, 0.717) is 50.5 Å². The molecule has 2 N–H and O–H groups in total. The van der Waals surface area contributed by atoms with Crippen LogP contribution in [-0.2, 0) is 14.8 Å². The quantitative estimate of drug-likeness (QED) is 0.268. The molecule has 0 saturated carbocycles. The van der Waals surface area contributed by atoms with Crippen LogP contribution in [0, 0.1) is 0 Å². The molecule has 2 aliphatic heterocycles. The van der Waals surface area contributed by atoms with Crippen molar-refractivity contribution in [2.45, 2.75) is 17.0 Å². The van der Waals surface area contributed by atoms with E-state index in [1.807, 2.05) is 42.5 Å². The summed E-state index contributed by atoms with van der Waals surface area (Å²) in [4.78, 5) is 33.8. The highest BCUT2D eigenvalue weighted by Gasteiger charge is 2.52. The first kappa shape index (κ1) is 31.3. The third-order valence-electron chi connectivity index (χ3n) is 8.34. The van der Waals surface area contributed by atoms with Crippen LogP contribution < -0.4 is 10.3 Å². The molecule has 3 heterocycles. The molecule has 7 rings (SSSR count). The molecule has 2 aliphatic rings. The summed E-state index contributed by atoms with van der Waals surface area (Å²) in [5, 5.41) is 4.77. The number of amides is 3. The fraction of sp³-hybridized carbons (Fsp3) is 0.147. The summed E-state index contributed by atoms with van der Waals surface area (Å²) in [5.41, 5.74) is 2.42. The van der Waals surface area contributed by atoms with Gasteiger partial charge in [-0.1, -0.05) is 77.3 Å². The van der Waals surface area contributed by atoms with Crippen LogP contribution in [0.5, 0.6) is 0 Å². The summed E-state index contributed by atoms with van der Waals surface area (Å²) < 4.78 is 29.3. The Hall–Kier alpha value is -4.35. The third kappa shape index (κ3) is 5.76. The minimum absolute atomic E-state index is 0.0550. The number of hydrogen-bond acceptors (Lipinski definition) is 4. The van der Waals surface area contributed by atoms with Crippen molar-refractivity contribution < 1.29 is 23.0 Å². The smallest absolute Gasteiger partial charge is 0.353 e. The van der Waals surface area contributed by atoms with Crippen molar-refractivity contribution >= 4 is 73.5 Å². The Bertz CT molecular complexity index is 2190. The van der Waals surface area contributed by atoms with Gasteiger partial charge in [0.15, 0.2) is 12.1 Å². The molecule has 1 saturated heterocycles. The van der Waals surface area contributed by atoms with Gasteiger partial charge in [-0.25, -0.2) is 17.2 Å². The minimum atomic E-state index is -4.08. The largest absolute Gasteiger partial charge is 0.412 e. The summed E-state index contributed by atoms with van der Waals surface area (Å²) in [6.45, 7) is 0.476. The molecule has 4 aromatic carbocycles. The molecule has 9 nitrogen and oxygen atoms in total. The Kier molecular flexibility index (Phi) is 8.21. The molecule has 3 amide bonds. The van der Waals surface area contributed by atoms with Gasteiger partial charge in [-0.3, -0.25) is 14.7 Å². The van der Waals surface area contributed by atoms with Crippen LogP contribution in [0.4, 0.5) is 4.79 Å². The number of hydrogen-bond donors (Lipinski definition) is 2. The van der Waals surface area contributed by atoms with Gasteiger partial charge < -0.3 is 5.32 Å². The van der Waals surface area contributed by atoms with Crippen LogP contribution in [0.2, 0.25) is 15.1 Å². The summed E-state index contributed by atoms with van der Waals surface area (Å²) in [7, 11) is -4.08. The summed E-state index contributed by atoms with van der Waals surface area (Å²) in [6, 6.07) is 26.0. The SMILES string of the molecule is O=C1CN(C(=O)N2C(c3cn(S(=O)(=O)c4ccc(Cl)cc4)c4ccccc34)=[NH+]C(c3cccc(Cl)c3)C2c2cccc(Cl)c2)CCN1. The number of urea groups is 1. The zero-order valence-corrected chi connectivity index (χ0v) is 27.7. The number of aromatic nitrogens is 1. The predicted octanol–water partition coefficient (Wildman–Crippen LogP) is 5.02. The lowest BCUT2D eigenvalue weighted by atomic mass is 9.93. The molecule has 0 spiro atoms. The number of amidine groups is 1. The Morgan fingerprint density at radius 3 is 2.21 bits per heavy atom. The summed E-state index contributed by atoms with van der Waals surface area (Å²) in [5.74, 6) is 0.104. The number of nitrogens with zero attached hydrogens (tertiary/aromatic N) is 3. The van der Waals surface area contributed by atoms with E-state index in [0.717, 1.165) is 11.1 Å². The molecule has 47 heavy (non-hydrogen) atoms. The maximum absolute atomic E-state index is 14.6. The number of piperazine rings is 1. The molecular formula is C34H27Cl3N5O4S+. The molecule has 13 heteroatoms. The number of para-hydroxylation sites is 1. The molecule has 0 radical (unpaired) electrons. The normalized spacial score (nSPS) is 18.4. The van der Waals surface area contributed by atoms with Crippen molar-refractivity contribution in [3.63, 3.8) is 0 Å². The van der Waals surface area contributed by atoms with Crippen molar-refractivity contribution in [2.75, 3.05) is 19.6 Å². The first-order valence-corrected chi connectivity index (χ1v) is 17.3. The zero-order chi connectivity index (χ0) is 32.9. The number of carbonyl (C=O) groups is 2. The monoisotopic (exact) mass is 706 g/mol. The van der Waals surface area contributed by atoms with Crippen molar-refractivity contribution in [3.8, 4) is 0 Å². The van der Waals surface area contributed by atoms with Gasteiger partial charge in [0, 0.05) is 50.9 Å². The van der Waals surface area contributed by atoms with Gasteiger partial charge in [0.05, 0.1) is 16.0 Å². The Morgan fingerprint density at radius 1 is 0.830 bits per heavy atom. The first-order valence-electron chi connectivity index (χ1n) is 14.7. The highest BCUT2D eigenvalue weighted by atomic mass is 35.5. The zero-order valence-electron chi connectivity index (χ0n) is 24.6. The maximum Gasteiger partial charge on any atom is 0.412 e. The van der Waals surface area contributed by atoms with Gasteiger partial charge >= 0.3 is 6.03 Å². The van der Waals surface area contributed by atoms with Crippen LogP contribution >= 0.6 is 34.8 Å². The minimum Gasteiger partial charge on any atom is -0.353 e. The van der Waals surface area contributed by atoms with E-state index < -0.39 is 28.1 Å². The maximum atomic E-state index is 14.6. The second-order valence-electron chi connectivity index (χ2n) is 11.3. The van der Waals surface area contributed by atoms with E-state index in [1.54, 1.807) is 35.2 Å². The highest BCUT2D eigenvalue weighted by molar-refractivity contribution is 7.90. The number of benzene rings is 4. The molecule has 1 fully saturated rings. The molecule has 238 valence electrons. The van der Waals surface area contributed by atoms with Crippen LogP contribution in [0.1, 0.15) is 28.8 Å². The second-order valence-corrected chi connectivity index (χ2v) is 14.4. The van der Waals surface area contributed by atoms with Gasteiger partial charge in [0.1, 0.15) is 6.54 Å². The second kappa shape index (κ2) is 12.4. The van der Waals surface area contributed by atoms with Crippen LogP contribution in [-0.4, -0.2) is 59.6 Å². The highest BCUT2D eigenvalue weighted by Crippen LogP contribution is 2.39. The molecule has 5 aromatic rings. The van der Waals surface area contributed by atoms with E-state index in [2.05, 4.69) is 10.3 Å².